The summed E-state index contributed by atoms with van der Waals surface area (Å²) in [5.74, 6) is -0.447. The molecule has 0 N–H and O–H groups in total. The maximum atomic E-state index is 13.6. The number of benzene rings is 1. The Morgan fingerprint density at radius 2 is 1.66 bits per heavy atom. The standard InChI is InChI=1S/C25H29N3O6S/c1-6-28-18(3)23(17(2)24(28)25(30)34-5)22(29)16-27(15-19-11-13-26-14-12-19)35(31,32)21-9-7-20(33-4)8-10-21/h7-14H,6,15-16H2,1-5H3. The van der Waals surface area contributed by atoms with E-state index < -0.39 is 28.3 Å². The summed E-state index contributed by atoms with van der Waals surface area (Å²) < 4.78 is 40.1. The van der Waals surface area contributed by atoms with Crippen molar-refractivity contribution in [2.24, 2.45) is 0 Å². The molecular formula is C25H29N3O6S. The number of methoxy groups -OCH3 is 2. The molecular weight excluding hydrogens is 470 g/mol. The number of hydrogen-bond donors (Lipinski definition) is 0. The molecule has 0 saturated heterocycles. The largest absolute Gasteiger partial charge is 0.497 e. The van der Waals surface area contributed by atoms with Gasteiger partial charge in [-0.15, -0.1) is 0 Å². The first-order valence-corrected chi connectivity index (χ1v) is 12.4. The molecule has 0 saturated carbocycles. The molecule has 186 valence electrons. The van der Waals surface area contributed by atoms with Gasteiger partial charge in [0, 0.05) is 36.7 Å². The van der Waals surface area contributed by atoms with Crippen molar-refractivity contribution < 1.29 is 27.5 Å². The lowest BCUT2D eigenvalue weighted by Crippen LogP contribution is -2.35. The predicted octanol–water partition coefficient (Wildman–Crippen LogP) is 3.39. The zero-order chi connectivity index (χ0) is 25.8. The number of ether oxygens (including phenoxy) is 2. The highest BCUT2D eigenvalue weighted by atomic mass is 32.2. The maximum absolute atomic E-state index is 13.6. The SMILES string of the molecule is CCn1c(C)c(C(=O)CN(Cc2ccncc2)S(=O)(=O)c2ccc(OC)cc2)c(C)c1C(=O)OC. The molecule has 0 bridgehead atoms. The van der Waals surface area contributed by atoms with Gasteiger partial charge in [0.05, 0.1) is 25.7 Å². The van der Waals surface area contributed by atoms with Crippen molar-refractivity contribution in [2.45, 2.75) is 38.8 Å². The molecule has 0 aliphatic heterocycles. The first-order chi connectivity index (χ1) is 16.6. The van der Waals surface area contributed by atoms with E-state index in [1.165, 1.54) is 26.4 Å². The molecule has 3 aromatic rings. The number of nitrogens with zero attached hydrogens (tertiary/aromatic N) is 3. The average Bonchev–Trinajstić information content (AvgIpc) is 3.12. The molecule has 9 nitrogen and oxygen atoms in total. The highest BCUT2D eigenvalue weighted by molar-refractivity contribution is 7.89. The highest BCUT2D eigenvalue weighted by Gasteiger charge is 2.31. The minimum absolute atomic E-state index is 0.0287. The van der Waals surface area contributed by atoms with Crippen molar-refractivity contribution in [3.05, 3.63) is 76.9 Å². The smallest absolute Gasteiger partial charge is 0.354 e. The van der Waals surface area contributed by atoms with Crippen molar-refractivity contribution in [2.75, 3.05) is 20.8 Å². The fourth-order valence-electron chi connectivity index (χ4n) is 4.11. The summed E-state index contributed by atoms with van der Waals surface area (Å²) in [5, 5.41) is 0. The van der Waals surface area contributed by atoms with Crippen LogP contribution in [0.15, 0.2) is 53.7 Å². The average molecular weight is 500 g/mol. The third-order valence-corrected chi connectivity index (χ3v) is 7.67. The molecule has 2 aromatic heterocycles. The number of carbonyl (C=O) groups is 2. The zero-order valence-electron chi connectivity index (χ0n) is 20.4. The normalized spacial score (nSPS) is 11.5. The number of pyridine rings is 1. The van der Waals surface area contributed by atoms with Gasteiger partial charge in [0.1, 0.15) is 11.4 Å². The van der Waals surface area contributed by atoms with Crippen LogP contribution in [0.25, 0.3) is 0 Å². The number of sulfonamides is 1. The summed E-state index contributed by atoms with van der Waals surface area (Å²) in [6.07, 6.45) is 3.13. The summed E-state index contributed by atoms with van der Waals surface area (Å²) >= 11 is 0. The van der Waals surface area contributed by atoms with E-state index in [1.54, 1.807) is 55.1 Å². The van der Waals surface area contributed by atoms with Gasteiger partial charge in [0.25, 0.3) is 0 Å². The second-order valence-electron chi connectivity index (χ2n) is 7.90. The van der Waals surface area contributed by atoms with Crippen LogP contribution in [0, 0.1) is 13.8 Å². The molecule has 1 aromatic carbocycles. The van der Waals surface area contributed by atoms with Gasteiger partial charge in [-0.05, 0) is 68.3 Å². The summed E-state index contributed by atoms with van der Waals surface area (Å²) in [6.45, 7) is 5.28. The second kappa shape index (κ2) is 10.8. The van der Waals surface area contributed by atoms with Crippen LogP contribution in [0.5, 0.6) is 5.75 Å². The number of hydrogen-bond acceptors (Lipinski definition) is 7. The molecule has 10 heteroatoms. The zero-order valence-corrected chi connectivity index (χ0v) is 21.3. The number of esters is 1. The van der Waals surface area contributed by atoms with Gasteiger partial charge < -0.3 is 14.0 Å². The minimum Gasteiger partial charge on any atom is -0.497 e. The lowest BCUT2D eigenvalue weighted by molar-refractivity contribution is 0.0587. The molecule has 0 aliphatic rings. The van der Waals surface area contributed by atoms with Crippen LogP contribution < -0.4 is 4.74 Å². The van der Waals surface area contributed by atoms with Crippen LogP contribution in [0.1, 0.15) is 44.6 Å². The van der Waals surface area contributed by atoms with Crippen LogP contribution in [0.2, 0.25) is 0 Å². The van der Waals surface area contributed by atoms with Crippen molar-refractivity contribution in [3.63, 3.8) is 0 Å². The van der Waals surface area contributed by atoms with Crippen molar-refractivity contribution >= 4 is 21.8 Å². The van der Waals surface area contributed by atoms with Crippen LogP contribution >= 0.6 is 0 Å². The molecule has 0 fully saturated rings. The van der Waals surface area contributed by atoms with Crippen LogP contribution in [-0.2, 0) is 27.8 Å². The molecule has 0 spiro atoms. The van der Waals surface area contributed by atoms with E-state index in [1.807, 2.05) is 6.92 Å². The monoisotopic (exact) mass is 499 g/mol. The lowest BCUT2D eigenvalue weighted by atomic mass is 10.1. The van der Waals surface area contributed by atoms with Crippen molar-refractivity contribution in [1.29, 1.82) is 0 Å². The Morgan fingerprint density at radius 1 is 1.03 bits per heavy atom. The Morgan fingerprint density at radius 3 is 2.20 bits per heavy atom. The topological polar surface area (TPSA) is 108 Å². The molecule has 35 heavy (non-hydrogen) atoms. The molecule has 0 unspecified atom stereocenters. The van der Waals surface area contributed by atoms with E-state index in [0.29, 0.717) is 34.7 Å². The summed E-state index contributed by atoms with van der Waals surface area (Å²) in [7, 11) is -1.27. The van der Waals surface area contributed by atoms with Crippen molar-refractivity contribution in [1.82, 2.24) is 13.9 Å². The fourth-order valence-corrected chi connectivity index (χ4v) is 5.50. The number of aromatic nitrogens is 2. The number of Topliss-reactive ketones (excluding diaryl/α,β-unsaturated/α-hetero) is 1. The van der Waals surface area contributed by atoms with Gasteiger partial charge in [-0.2, -0.15) is 4.31 Å². The van der Waals surface area contributed by atoms with Gasteiger partial charge in [0.2, 0.25) is 10.0 Å². The quantitative estimate of drug-likeness (QED) is 0.311. The Balaban J connectivity index is 2.05. The molecule has 0 radical (unpaired) electrons. The van der Waals surface area contributed by atoms with Crippen molar-refractivity contribution in [3.8, 4) is 5.75 Å². The molecule has 0 amide bonds. The fraction of sp³-hybridized carbons (Fsp3) is 0.320. The summed E-state index contributed by atoms with van der Waals surface area (Å²) in [6, 6.07) is 9.38. The third kappa shape index (κ3) is 5.28. The van der Waals surface area contributed by atoms with Crippen LogP contribution in [-0.4, -0.2) is 54.8 Å². The lowest BCUT2D eigenvalue weighted by Gasteiger charge is -2.22. The molecule has 0 atom stereocenters. The molecule has 0 aliphatic carbocycles. The van der Waals surface area contributed by atoms with Gasteiger partial charge in [-0.25, -0.2) is 13.2 Å². The predicted molar refractivity (Wildman–Crippen MR) is 130 cm³/mol. The first-order valence-electron chi connectivity index (χ1n) is 11.0. The maximum Gasteiger partial charge on any atom is 0.354 e. The van der Waals surface area contributed by atoms with Crippen LogP contribution in [0.4, 0.5) is 0 Å². The van der Waals surface area contributed by atoms with E-state index in [-0.39, 0.29) is 17.1 Å². The summed E-state index contributed by atoms with van der Waals surface area (Å²) in [4.78, 5) is 30.0. The molecule has 2 heterocycles. The van der Waals surface area contributed by atoms with Gasteiger partial charge in [0.15, 0.2) is 5.78 Å². The number of carbonyl (C=O) groups excluding carboxylic acids is 2. The van der Waals surface area contributed by atoms with E-state index >= 15 is 0 Å². The van der Waals surface area contributed by atoms with E-state index in [9.17, 15) is 18.0 Å². The van der Waals surface area contributed by atoms with Crippen LogP contribution in [0.3, 0.4) is 0 Å². The van der Waals surface area contributed by atoms with E-state index in [0.717, 1.165) is 4.31 Å². The van der Waals surface area contributed by atoms with Gasteiger partial charge >= 0.3 is 5.97 Å². The first kappa shape index (κ1) is 26.1. The van der Waals surface area contributed by atoms with E-state index in [4.69, 9.17) is 9.47 Å². The number of rotatable bonds is 10. The summed E-state index contributed by atoms with van der Waals surface area (Å²) in [5.41, 5.74) is 2.33. The Kier molecular flexibility index (Phi) is 8.08. The van der Waals surface area contributed by atoms with E-state index in [2.05, 4.69) is 4.98 Å². The van der Waals surface area contributed by atoms with Gasteiger partial charge in [-0.3, -0.25) is 9.78 Å². The molecule has 3 rings (SSSR count). The Labute approximate surface area is 205 Å². The number of ketones is 1. The minimum atomic E-state index is -4.04. The third-order valence-electron chi connectivity index (χ3n) is 5.87. The Bertz CT molecular complexity index is 1320. The second-order valence-corrected chi connectivity index (χ2v) is 9.84. The van der Waals surface area contributed by atoms with Gasteiger partial charge in [-0.1, -0.05) is 0 Å². The Hall–Kier alpha value is -3.50. The highest BCUT2D eigenvalue weighted by Crippen LogP contribution is 2.26.